The fourth-order valence-corrected chi connectivity index (χ4v) is 3.25. The molecule has 2 aromatic rings. The third kappa shape index (κ3) is 3.95. The van der Waals surface area contributed by atoms with Gasteiger partial charge in [0.2, 0.25) is 5.91 Å². The van der Waals surface area contributed by atoms with Gasteiger partial charge in [0, 0.05) is 37.7 Å². The minimum absolute atomic E-state index is 0.0150. The van der Waals surface area contributed by atoms with Crippen molar-refractivity contribution >= 4 is 23.3 Å². The van der Waals surface area contributed by atoms with Crippen LogP contribution in [0.3, 0.4) is 0 Å². The van der Waals surface area contributed by atoms with Gasteiger partial charge in [-0.05, 0) is 43.2 Å². The molecule has 0 bridgehead atoms. The lowest BCUT2D eigenvalue weighted by atomic mass is 10.2. The molecule has 2 amide bonds. The SMILES string of the molecule is O=C(Nc1ccc(N2CCN(C(=O)C3CC3)CC2)cn1)c1ccc(F)c(F)c1. The zero-order chi connectivity index (χ0) is 19.7. The van der Waals surface area contributed by atoms with Crippen molar-refractivity contribution in [3.05, 3.63) is 53.7 Å². The first-order valence-corrected chi connectivity index (χ1v) is 9.27. The van der Waals surface area contributed by atoms with Crippen LogP contribution in [0, 0.1) is 17.6 Å². The molecule has 2 heterocycles. The van der Waals surface area contributed by atoms with E-state index in [-0.39, 0.29) is 17.4 Å². The molecule has 28 heavy (non-hydrogen) atoms. The summed E-state index contributed by atoms with van der Waals surface area (Å²) in [5.41, 5.74) is 0.922. The van der Waals surface area contributed by atoms with Crippen molar-refractivity contribution in [3.8, 4) is 0 Å². The van der Waals surface area contributed by atoms with Crippen LogP contribution in [0.2, 0.25) is 0 Å². The quantitative estimate of drug-likeness (QED) is 0.878. The molecule has 0 atom stereocenters. The summed E-state index contributed by atoms with van der Waals surface area (Å²) >= 11 is 0. The van der Waals surface area contributed by atoms with Crippen LogP contribution >= 0.6 is 0 Å². The number of hydrogen-bond donors (Lipinski definition) is 1. The number of nitrogens with one attached hydrogen (secondary N) is 1. The Morgan fingerprint density at radius 3 is 2.36 bits per heavy atom. The number of carbonyl (C=O) groups excluding carboxylic acids is 2. The van der Waals surface area contributed by atoms with E-state index in [2.05, 4.69) is 15.2 Å². The number of piperazine rings is 1. The number of anilines is 2. The molecule has 8 heteroatoms. The summed E-state index contributed by atoms with van der Waals surface area (Å²) in [7, 11) is 0. The molecule has 0 spiro atoms. The first kappa shape index (κ1) is 18.3. The summed E-state index contributed by atoms with van der Waals surface area (Å²) in [5.74, 6) is -1.81. The van der Waals surface area contributed by atoms with E-state index in [0.717, 1.165) is 43.8 Å². The lowest BCUT2D eigenvalue weighted by molar-refractivity contribution is -0.132. The molecule has 146 valence electrons. The molecule has 1 aromatic heterocycles. The van der Waals surface area contributed by atoms with Crippen LogP contribution in [0.4, 0.5) is 20.3 Å². The van der Waals surface area contributed by atoms with Crippen LogP contribution in [-0.2, 0) is 4.79 Å². The molecule has 1 aromatic carbocycles. The summed E-state index contributed by atoms with van der Waals surface area (Å²) in [5, 5.41) is 2.57. The van der Waals surface area contributed by atoms with Gasteiger partial charge < -0.3 is 15.1 Å². The number of carbonyl (C=O) groups is 2. The van der Waals surface area contributed by atoms with Crippen LogP contribution in [0.5, 0.6) is 0 Å². The second-order valence-corrected chi connectivity index (χ2v) is 7.07. The Morgan fingerprint density at radius 1 is 1.00 bits per heavy atom. The van der Waals surface area contributed by atoms with Gasteiger partial charge in [-0.25, -0.2) is 13.8 Å². The highest BCUT2D eigenvalue weighted by Crippen LogP contribution is 2.31. The van der Waals surface area contributed by atoms with Gasteiger partial charge in [-0.3, -0.25) is 9.59 Å². The minimum atomic E-state index is -1.07. The number of amides is 2. The Kier molecular flexibility index (Phi) is 4.93. The Balaban J connectivity index is 1.34. The van der Waals surface area contributed by atoms with Crippen molar-refractivity contribution in [1.82, 2.24) is 9.88 Å². The molecule has 6 nitrogen and oxygen atoms in total. The maximum Gasteiger partial charge on any atom is 0.256 e. The van der Waals surface area contributed by atoms with E-state index < -0.39 is 17.5 Å². The zero-order valence-electron chi connectivity index (χ0n) is 15.2. The average molecular weight is 386 g/mol. The smallest absolute Gasteiger partial charge is 0.256 e. The third-order valence-electron chi connectivity index (χ3n) is 5.05. The number of nitrogens with zero attached hydrogens (tertiary/aromatic N) is 3. The van der Waals surface area contributed by atoms with Gasteiger partial charge in [0.05, 0.1) is 11.9 Å². The largest absolute Gasteiger partial charge is 0.367 e. The summed E-state index contributed by atoms with van der Waals surface area (Å²) in [6.07, 6.45) is 3.68. The fourth-order valence-electron chi connectivity index (χ4n) is 3.25. The van der Waals surface area contributed by atoms with Gasteiger partial charge in [-0.1, -0.05) is 0 Å². The Morgan fingerprint density at radius 2 is 1.75 bits per heavy atom. The van der Waals surface area contributed by atoms with Gasteiger partial charge in [-0.15, -0.1) is 0 Å². The van der Waals surface area contributed by atoms with Crippen molar-refractivity contribution in [3.63, 3.8) is 0 Å². The summed E-state index contributed by atoms with van der Waals surface area (Å²) in [4.78, 5) is 32.6. The summed E-state index contributed by atoms with van der Waals surface area (Å²) < 4.78 is 26.2. The molecule has 0 unspecified atom stereocenters. The van der Waals surface area contributed by atoms with E-state index in [1.54, 1.807) is 12.3 Å². The molecular formula is C20H20F2N4O2. The third-order valence-corrected chi connectivity index (χ3v) is 5.05. The normalized spacial score (nSPS) is 16.8. The maximum atomic E-state index is 13.3. The molecule has 4 rings (SSSR count). The van der Waals surface area contributed by atoms with Crippen LogP contribution in [0.25, 0.3) is 0 Å². The molecule has 1 saturated heterocycles. The van der Waals surface area contributed by atoms with E-state index in [4.69, 9.17) is 0 Å². The Labute approximate surface area is 161 Å². The second-order valence-electron chi connectivity index (χ2n) is 7.07. The number of benzene rings is 1. The van der Waals surface area contributed by atoms with Crippen LogP contribution in [0.15, 0.2) is 36.5 Å². The van der Waals surface area contributed by atoms with E-state index in [9.17, 15) is 18.4 Å². The monoisotopic (exact) mass is 386 g/mol. The topological polar surface area (TPSA) is 65.5 Å². The van der Waals surface area contributed by atoms with Crippen molar-refractivity contribution < 1.29 is 18.4 Å². The second kappa shape index (κ2) is 7.53. The van der Waals surface area contributed by atoms with Crippen LogP contribution in [-0.4, -0.2) is 47.9 Å². The van der Waals surface area contributed by atoms with Crippen LogP contribution in [0.1, 0.15) is 23.2 Å². The molecule has 2 aliphatic rings. The summed E-state index contributed by atoms with van der Waals surface area (Å²) in [6.45, 7) is 2.87. The minimum Gasteiger partial charge on any atom is -0.367 e. The van der Waals surface area contributed by atoms with E-state index in [0.29, 0.717) is 18.9 Å². The highest BCUT2D eigenvalue weighted by molar-refractivity contribution is 6.03. The number of aromatic nitrogens is 1. The van der Waals surface area contributed by atoms with E-state index in [1.165, 1.54) is 6.07 Å². The number of rotatable bonds is 4. The van der Waals surface area contributed by atoms with Gasteiger partial charge >= 0.3 is 0 Å². The summed E-state index contributed by atoms with van der Waals surface area (Å²) in [6, 6.07) is 6.47. The Bertz CT molecular complexity index is 892. The van der Waals surface area contributed by atoms with Crippen LogP contribution < -0.4 is 10.2 Å². The molecule has 1 aliphatic carbocycles. The van der Waals surface area contributed by atoms with Crippen molar-refractivity contribution in [2.75, 3.05) is 36.4 Å². The lowest BCUT2D eigenvalue weighted by Gasteiger charge is -2.36. The van der Waals surface area contributed by atoms with E-state index >= 15 is 0 Å². The first-order valence-electron chi connectivity index (χ1n) is 9.27. The van der Waals surface area contributed by atoms with E-state index in [1.807, 2.05) is 11.0 Å². The lowest BCUT2D eigenvalue weighted by Crippen LogP contribution is -2.49. The Hall–Kier alpha value is -3.03. The highest BCUT2D eigenvalue weighted by Gasteiger charge is 2.34. The van der Waals surface area contributed by atoms with Gasteiger partial charge in [0.15, 0.2) is 11.6 Å². The molecule has 1 aliphatic heterocycles. The molecule has 0 radical (unpaired) electrons. The predicted molar refractivity (Wildman–Crippen MR) is 100 cm³/mol. The zero-order valence-corrected chi connectivity index (χ0v) is 15.2. The number of pyridine rings is 1. The van der Waals surface area contributed by atoms with Crippen molar-refractivity contribution in [1.29, 1.82) is 0 Å². The van der Waals surface area contributed by atoms with Gasteiger partial charge in [0.25, 0.3) is 5.91 Å². The first-order chi connectivity index (χ1) is 13.5. The van der Waals surface area contributed by atoms with Gasteiger partial charge in [-0.2, -0.15) is 0 Å². The number of halogens is 2. The fraction of sp³-hybridized carbons (Fsp3) is 0.350. The predicted octanol–water partition coefficient (Wildman–Crippen LogP) is 2.67. The molecule has 2 fully saturated rings. The standard InChI is InChI=1S/C20H20F2N4O2/c21-16-5-3-14(11-17(16)22)19(27)24-18-6-4-15(12-23-18)25-7-9-26(10-8-25)20(28)13-1-2-13/h3-6,11-13H,1-2,7-10H2,(H,23,24,27). The van der Waals surface area contributed by atoms with Gasteiger partial charge in [0.1, 0.15) is 5.82 Å². The van der Waals surface area contributed by atoms with Crippen molar-refractivity contribution in [2.24, 2.45) is 5.92 Å². The number of hydrogen-bond acceptors (Lipinski definition) is 4. The van der Waals surface area contributed by atoms with Crippen molar-refractivity contribution in [2.45, 2.75) is 12.8 Å². The molecule has 1 N–H and O–H groups in total. The average Bonchev–Trinajstić information content (AvgIpc) is 3.55. The molecule has 1 saturated carbocycles. The highest BCUT2D eigenvalue weighted by atomic mass is 19.2. The molecular weight excluding hydrogens is 366 g/mol. The maximum absolute atomic E-state index is 13.3.